The van der Waals surface area contributed by atoms with E-state index in [2.05, 4.69) is 93.0 Å². The summed E-state index contributed by atoms with van der Waals surface area (Å²) >= 11 is 0. The summed E-state index contributed by atoms with van der Waals surface area (Å²) in [6, 6.07) is 0. The van der Waals surface area contributed by atoms with Crippen molar-refractivity contribution in [2.45, 2.75) is 77.9 Å². The lowest BCUT2D eigenvalue weighted by atomic mass is 10.2. The van der Waals surface area contributed by atoms with Crippen LogP contribution in [0.15, 0.2) is 85.6 Å². The number of aromatic nitrogens is 4. The first kappa shape index (κ1) is 37.6. The Labute approximate surface area is 267 Å². The maximum Gasteiger partial charge on any atom is 0.292 e. The van der Waals surface area contributed by atoms with Crippen LogP contribution in [0, 0.1) is 0 Å². The lowest BCUT2D eigenvalue weighted by molar-refractivity contribution is -0.120. The molecule has 2 heterocycles. The van der Waals surface area contributed by atoms with Crippen LogP contribution in [0.4, 0.5) is 5.82 Å². The molecule has 246 valence electrons. The molecule has 12 heteroatoms. The van der Waals surface area contributed by atoms with Crippen molar-refractivity contribution in [3.05, 3.63) is 85.6 Å². The Morgan fingerprint density at radius 2 is 1.51 bits per heavy atom. The maximum absolute atomic E-state index is 12.4. The van der Waals surface area contributed by atoms with Crippen LogP contribution in [-0.4, -0.2) is 55.9 Å². The number of rotatable bonds is 23. The average molecular weight is 640 g/mol. The zero-order chi connectivity index (χ0) is 32.6. The van der Waals surface area contributed by atoms with Crippen molar-refractivity contribution in [1.82, 2.24) is 29.9 Å². The van der Waals surface area contributed by atoms with Gasteiger partial charge in [-0.15, -0.1) is 0 Å². The molecule has 0 aromatic carbocycles. The number of fused-ring (bicyclic) bond motifs is 1. The standard InChI is InChI=1S/C33H50N7O4P/c1-3-4-5-6-7-8-9-10-11-12-13-14-15-16-17-18-19-20-21-22-30(41)35-23-24-39-45(42,43)28-44-29(2)25-40-27-38-31-32(34)36-26-37-33(31)40/h4-5,7-8,10-11,13-14,16-17,19-20,26-27,29H,3,6,9,12,15,18,21-25,28H2,1-2H3,(H,35,41)(H2,34,36,37)(H2,39,42,43)/t29-/m1/s1. The number of allylic oxidation sites excluding steroid dienone is 12. The molecule has 2 aromatic rings. The van der Waals surface area contributed by atoms with E-state index in [-0.39, 0.29) is 37.3 Å². The van der Waals surface area contributed by atoms with Crippen LogP contribution >= 0.6 is 7.52 Å². The lowest BCUT2D eigenvalue weighted by Crippen LogP contribution is -2.31. The number of anilines is 1. The van der Waals surface area contributed by atoms with Crippen molar-refractivity contribution in [1.29, 1.82) is 0 Å². The van der Waals surface area contributed by atoms with E-state index in [9.17, 15) is 14.3 Å². The van der Waals surface area contributed by atoms with Gasteiger partial charge >= 0.3 is 0 Å². The molecule has 0 saturated carbocycles. The zero-order valence-corrected chi connectivity index (χ0v) is 27.5. The van der Waals surface area contributed by atoms with Crippen LogP contribution in [-0.2, 0) is 20.6 Å². The van der Waals surface area contributed by atoms with E-state index in [1.165, 1.54) is 6.33 Å². The molecular formula is C33H50N7O4P. The Morgan fingerprint density at radius 3 is 2.11 bits per heavy atom. The van der Waals surface area contributed by atoms with Gasteiger partial charge in [-0.2, -0.15) is 0 Å². The van der Waals surface area contributed by atoms with Gasteiger partial charge < -0.3 is 25.2 Å². The molecule has 5 N–H and O–H groups in total. The van der Waals surface area contributed by atoms with E-state index in [0.717, 1.165) is 38.5 Å². The molecule has 0 aliphatic rings. The Balaban J connectivity index is 1.47. The van der Waals surface area contributed by atoms with Crippen molar-refractivity contribution in [3.63, 3.8) is 0 Å². The van der Waals surface area contributed by atoms with Crippen molar-refractivity contribution < 1.29 is 19.0 Å². The smallest absolute Gasteiger partial charge is 0.292 e. The van der Waals surface area contributed by atoms with Crippen molar-refractivity contribution in [2.75, 3.05) is 25.2 Å². The fourth-order valence-corrected chi connectivity index (χ4v) is 5.02. The molecule has 0 aliphatic heterocycles. The van der Waals surface area contributed by atoms with E-state index in [1.54, 1.807) is 17.8 Å². The molecule has 1 amide bonds. The van der Waals surface area contributed by atoms with Gasteiger partial charge in [-0.25, -0.2) is 20.0 Å². The molecule has 1 unspecified atom stereocenters. The Kier molecular flexibility index (Phi) is 19.0. The third-order valence-electron chi connectivity index (χ3n) is 6.36. The SMILES string of the molecule is CCC=CCC=CCC=CCC=CCC=CCC=CCCC(=O)NCCNP(=O)(O)CO[C@H](C)Cn1cnc2c(N)ncnc21. The first-order valence-corrected chi connectivity index (χ1v) is 17.4. The summed E-state index contributed by atoms with van der Waals surface area (Å²) < 4.78 is 19.7. The first-order valence-electron chi connectivity index (χ1n) is 15.6. The van der Waals surface area contributed by atoms with E-state index in [0.29, 0.717) is 30.6 Å². The van der Waals surface area contributed by atoms with Crippen molar-refractivity contribution >= 4 is 30.4 Å². The van der Waals surface area contributed by atoms with E-state index >= 15 is 0 Å². The fourth-order valence-electron chi connectivity index (χ4n) is 4.01. The molecule has 0 bridgehead atoms. The minimum atomic E-state index is -3.73. The number of ether oxygens (including phenoxy) is 1. The molecule has 0 spiro atoms. The largest absolute Gasteiger partial charge is 0.382 e. The average Bonchev–Trinajstić information content (AvgIpc) is 3.43. The number of hydrogen-bond acceptors (Lipinski definition) is 7. The van der Waals surface area contributed by atoms with Gasteiger partial charge in [0.2, 0.25) is 5.91 Å². The highest BCUT2D eigenvalue weighted by atomic mass is 31.2. The van der Waals surface area contributed by atoms with E-state index in [1.807, 2.05) is 12.2 Å². The number of imidazole rings is 1. The zero-order valence-electron chi connectivity index (χ0n) is 26.6. The van der Waals surface area contributed by atoms with Crippen molar-refractivity contribution in [2.24, 2.45) is 0 Å². The number of amides is 1. The number of carbonyl (C=O) groups excluding carboxylic acids is 1. The number of carbonyl (C=O) groups is 1. The maximum atomic E-state index is 12.4. The van der Waals surface area contributed by atoms with E-state index in [4.69, 9.17) is 10.5 Å². The van der Waals surface area contributed by atoms with E-state index < -0.39 is 7.52 Å². The third-order valence-corrected chi connectivity index (χ3v) is 7.57. The van der Waals surface area contributed by atoms with Crippen LogP contribution in [0.1, 0.15) is 65.2 Å². The molecule has 0 radical (unpaired) electrons. The van der Waals surface area contributed by atoms with Gasteiger partial charge in [0.05, 0.1) is 19.0 Å². The lowest BCUT2D eigenvalue weighted by Gasteiger charge is -2.18. The Morgan fingerprint density at radius 1 is 0.933 bits per heavy atom. The van der Waals surface area contributed by atoms with Gasteiger partial charge in [0, 0.05) is 19.5 Å². The summed E-state index contributed by atoms with van der Waals surface area (Å²) in [5, 5.41) is 5.33. The monoisotopic (exact) mass is 639 g/mol. The number of nitrogens with two attached hydrogens (primary N) is 1. The van der Waals surface area contributed by atoms with Gasteiger partial charge in [0.1, 0.15) is 18.2 Å². The second-order valence-electron chi connectivity index (χ2n) is 10.3. The summed E-state index contributed by atoms with van der Waals surface area (Å²) in [6.45, 7) is 4.70. The Bertz CT molecular complexity index is 1360. The topological polar surface area (TPSA) is 157 Å². The molecule has 2 aromatic heterocycles. The van der Waals surface area contributed by atoms with Crippen LogP contribution in [0.5, 0.6) is 0 Å². The van der Waals surface area contributed by atoms with Crippen LogP contribution in [0.25, 0.3) is 11.2 Å². The molecule has 0 saturated heterocycles. The van der Waals surface area contributed by atoms with Gasteiger partial charge in [-0.3, -0.25) is 9.36 Å². The highest BCUT2D eigenvalue weighted by molar-refractivity contribution is 7.55. The van der Waals surface area contributed by atoms with Crippen molar-refractivity contribution in [3.8, 4) is 0 Å². The number of nitrogens with zero attached hydrogens (tertiary/aromatic N) is 4. The number of nitrogens with one attached hydrogen (secondary N) is 2. The normalized spacial score (nSPS) is 14.7. The molecule has 2 atom stereocenters. The quantitative estimate of drug-likeness (QED) is 0.0637. The van der Waals surface area contributed by atoms with Gasteiger partial charge in [-0.1, -0.05) is 79.8 Å². The second kappa shape index (κ2) is 22.8. The van der Waals surface area contributed by atoms with Crippen LogP contribution in [0.3, 0.4) is 0 Å². The van der Waals surface area contributed by atoms with Crippen LogP contribution in [0.2, 0.25) is 0 Å². The molecule has 11 nitrogen and oxygen atoms in total. The summed E-state index contributed by atoms with van der Waals surface area (Å²) in [5.74, 6) is 0.183. The molecule has 45 heavy (non-hydrogen) atoms. The minimum absolute atomic E-state index is 0.106. The fraction of sp³-hybridized carbons (Fsp3) is 0.455. The first-order chi connectivity index (χ1) is 21.8. The summed E-state index contributed by atoms with van der Waals surface area (Å²) in [4.78, 5) is 34.5. The predicted molar refractivity (Wildman–Crippen MR) is 183 cm³/mol. The highest BCUT2D eigenvalue weighted by Gasteiger charge is 2.20. The Hall–Kier alpha value is -3.63. The predicted octanol–water partition coefficient (Wildman–Crippen LogP) is 6.14. The van der Waals surface area contributed by atoms with Crippen LogP contribution < -0.4 is 16.1 Å². The van der Waals surface area contributed by atoms with Gasteiger partial charge in [0.15, 0.2) is 11.5 Å². The summed E-state index contributed by atoms with van der Waals surface area (Å²) in [5.41, 5.74) is 6.87. The molecule has 0 fully saturated rings. The summed E-state index contributed by atoms with van der Waals surface area (Å²) in [7, 11) is -3.73. The number of hydrogen-bond donors (Lipinski definition) is 4. The summed E-state index contributed by atoms with van der Waals surface area (Å²) in [6.07, 6.45) is 34.7. The van der Waals surface area contributed by atoms with Gasteiger partial charge in [0.25, 0.3) is 7.52 Å². The molecule has 0 aliphatic carbocycles. The highest BCUT2D eigenvalue weighted by Crippen LogP contribution is 2.35. The minimum Gasteiger partial charge on any atom is -0.382 e. The van der Waals surface area contributed by atoms with Gasteiger partial charge in [-0.05, 0) is 51.9 Å². The molecular weight excluding hydrogens is 589 g/mol. The third kappa shape index (κ3) is 17.4. The number of nitrogen functional groups attached to an aromatic ring is 1. The molecule has 2 rings (SSSR count). The second-order valence-corrected chi connectivity index (χ2v) is 12.3.